The minimum Gasteiger partial charge on any atom is -0.432 e. The van der Waals surface area contributed by atoms with Crippen molar-refractivity contribution >= 4 is 13.9 Å². The highest BCUT2D eigenvalue weighted by atomic mass is 31.2. The van der Waals surface area contributed by atoms with Crippen LogP contribution in [0, 0.1) is 19.8 Å². The third-order valence-corrected chi connectivity index (χ3v) is 4.63. The van der Waals surface area contributed by atoms with Gasteiger partial charge in [-0.3, -0.25) is 0 Å². The van der Waals surface area contributed by atoms with Crippen molar-refractivity contribution < 1.29 is 13.9 Å². The molecule has 0 aliphatic carbocycles. The average molecular weight is 334 g/mol. The molecule has 0 aromatic heterocycles. The zero-order valence-electron chi connectivity index (χ0n) is 14.7. The predicted molar refractivity (Wildman–Crippen MR) is 99.1 cm³/mol. The minimum absolute atomic E-state index is 0.337. The van der Waals surface area contributed by atoms with Gasteiger partial charge in [-0.1, -0.05) is 49.3 Å². The number of hydrogen-bond acceptors (Lipinski definition) is 3. The Bertz CT molecular complexity index is 699. The molecule has 126 valence electrons. The van der Waals surface area contributed by atoms with Crippen LogP contribution in [0.2, 0.25) is 0 Å². The summed E-state index contributed by atoms with van der Waals surface area (Å²) in [5, 5.41) is 0. The maximum absolute atomic E-state index is 10.3. The van der Waals surface area contributed by atoms with E-state index in [1.54, 1.807) is 0 Å². The second-order valence-corrected chi connectivity index (χ2v) is 8.42. The Labute approximate surface area is 139 Å². The molecule has 0 saturated heterocycles. The first-order chi connectivity index (χ1) is 10.7. The second-order valence-electron chi connectivity index (χ2n) is 6.71. The molecule has 0 spiro atoms. The van der Waals surface area contributed by atoms with Gasteiger partial charge in [-0.15, -0.1) is 0 Å². The minimum atomic E-state index is -3.10. The van der Waals surface area contributed by atoms with Gasteiger partial charge in [-0.25, -0.2) is 0 Å². The van der Waals surface area contributed by atoms with Crippen LogP contribution in [0.4, 0.5) is 0 Å². The molecule has 2 rings (SSSR count). The van der Waals surface area contributed by atoms with Crippen molar-refractivity contribution in [2.24, 2.45) is 5.92 Å². The summed E-state index contributed by atoms with van der Waals surface area (Å²) in [7, 11) is -3.10. The van der Waals surface area contributed by atoms with Crippen molar-refractivity contribution in [3.05, 3.63) is 52.1 Å². The van der Waals surface area contributed by atoms with E-state index in [-0.39, 0.29) is 0 Å². The molecular formula is C19H27O3P. The van der Waals surface area contributed by atoms with E-state index in [9.17, 15) is 4.89 Å². The molecule has 1 heterocycles. The van der Waals surface area contributed by atoms with E-state index in [0.717, 1.165) is 23.1 Å². The van der Waals surface area contributed by atoms with Crippen LogP contribution in [0.25, 0.3) is 0 Å². The molecule has 1 atom stereocenters. The Morgan fingerprint density at radius 2 is 2.04 bits per heavy atom. The third kappa shape index (κ3) is 5.10. The zero-order valence-corrected chi connectivity index (χ0v) is 15.6. The summed E-state index contributed by atoms with van der Waals surface area (Å²) in [5.41, 5.74) is 5.59. The number of allylic oxidation sites excluding steroid dienone is 3. The summed E-state index contributed by atoms with van der Waals surface area (Å²) in [6.07, 6.45) is 8.85. The maximum Gasteiger partial charge on any atom is 0.300 e. The number of rotatable bonds is 2. The van der Waals surface area contributed by atoms with E-state index in [1.165, 1.54) is 11.1 Å². The first kappa shape index (κ1) is 18.1. The monoisotopic (exact) mass is 334 g/mol. The van der Waals surface area contributed by atoms with Crippen LogP contribution >= 0.6 is 7.57 Å². The lowest BCUT2D eigenvalue weighted by atomic mass is 9.98. The van der Waals surface area contributed by atoms with Gasteiger partial charge >= 0.3 is 0 Å². The van der Waals surface area contributed by atoms with Crippen molar-refractivity contribution in [3.8, 4) is 5.75 Å². The van der Waals surface area contributed by atoms with Crippen LogP contribution in [0.1, 0.15) is 37.5 Å². The molecule has 3 nitrogen and oxygen atoms in total. The fraction of sp³-hybridized carbons (Fsp3) is 0.421. The van der Waals surface area contributed by atoms with Crippen LogP contribution in [-0.2, 0) is 10.9 Å². The summed E-state index contributed by atoms with van der Waals surface area (Å²) < 4.78 is 11.3. The lowest BCUT2D eigenvalue weighted by molar-refractivity contribution is 0.269. The molecule has 1 aliphatic heterocycles. The standard InChI is InChI=1S/C19H27O3P/c1-13(2)7-14(3)9-17-11-18-10-15(4)8-16(5)19(18)22-23(6,20)21-12-17/h7-10,13,20H,6,11-12H2,1-5H3/b14-7-,17-9-. The van der Waals surface area contributed by atoms with Crippen LogP contribution in [0.5, 0.6) is 5.75 Å². The summed E-state index contributed by atoms with van der Waals surface area (Å²) in [6, 6.07) is 4.16. The molecule has 1 unspecified atom stereocenters. The van der Waals surface area contributed by atoms with Crippen molar-refractivity contribution in [2.45, 2.75) is 41.0 Å². The molecule has 1 N–H and O–H groups in total. The fourth-order valence-electron chi connectivity index (χ4n) is 2.94. The lowest BCUT2D eigenvalue weighted by Gasteiger charge is -2.26. The smallest absolute Gasteiger partial charge is 0.300 e. The van der Waals surface area contributed by atoms with E-state index >= 15 is 0 Å². The number of fused-ring (bicyclic) bond motifs is 1. The molecule has 23 heavy (non-hydrogen) atoms. The van der Waals surface area contributed by atoms with Crippen molar-refractivity contribution in [3.63, 3.8) is 0 Å². The number of aryl methyl sites for hydroxylation is 2. The molecule has 0 fully saturated rings. The van der Waals surface area contributed by atoms with E-state index in [0.29, 0.717) is 18.3 Å². The fourth-order valence-corrected chi connectivity index (χ4v) is 3.91. The quantitative estimate of drug-likeness (QED) is 0.776. The number of hydrogen-bond donors (Lipinski definition) is 1. The first-order valence-corrected chi connectivity index (χ1v) is 9.71. The Morgan fingerprint density at radius 3 is 2.70 bits per heavy atom. The highest BCUT2D eigenvalue weighted by molar-refractivity contribution is 7.59. The van der Waals surface area contributed by atoms with Gasteiger partial charge in [0.2, 0.25) is 0 Å². The highest BCUT2D eigenvalue weighted by Gasteiger charge is 2.22. The SMILES string of the molecule is C=P1(O)OC/C(=C\C(C)=C/C(C)C)Cc2cc(C)cc(C)c2O1. The van der Waals surface area contributed by atoms with Crippen molar-refractivity contribution in [1.29, 1.82) is 0 Å². The highest BCUT2D eigenvalue weighted by Crippen LogP contribution is 2.48. The van der Waals surface area contributed by atoms with Gasteiger partial charge < -0.3 is 13.9 Å². The topological polar surface area (TPSA) is 38.7 Å². The molecule has 0 amide bonds. The van der Waals surface area contributed by atoms with Crippen LogP contribution in [-0.4, -0.2) is 17.8 Å². The Kier molecular flexibility index (Phi) is 5.57. The Hall–Kier alpha value is -1.28. The second kappa shape index (κ2) is 7.09. The number of benzene rings is 1. The zero-order chi connectivity index (χ0) is 17.2. The summed E-state index contributed by atoms with van der Waals surface area (Å²) in [4.78, 5) is 10.3. The summed E-state index contributed by atoms with van der Waals surface area (Å²) >= 11 is 0. The summed E-state index contributed by atoms with van der Waals surface area (Å²) in [6.45, 7) is 10.8. The predicted octanol–water partition coefficient (Wildman–Crippen LogP) is 4.97. The average Bonchev–Trinajstić information content (AvgIpc) is 2.38. The Balaban J connectivity index is 2.47. The first-order valence-electron chi connectivity index (χ1n) is 7.94. The van der Waals surface area contributed by atoms with Gasteiger partial charge in [-0.05, 0) is 56.1 Å². The van der Waals surface area contributed by atoms with Gasteiger partial charge in [0.25, 0.3) is 7.57 Å². The molecule has 0 saturated carbocycles. The van der Waals surface area contributed by atoms with Gasteiger partial charge in [-0.2, -0.15) is 0 Å². The third-order valence-electron chi connectivity index (χ3n) is 3.63. The van der Waals surface area contributed by atoms with Crippen LogP contribution < -0.4 is 4.52 Å². The lowest BCUT2D eigenvalue weighted by Crippen LogP contribution is -2.10. The van der Waals surface area contributed by atoms with Gasteiger partial charge in [0, 0.05) is 0 Å². The van der Waals surface area contributed by atoms with E-state index in [1.807, 2.05) is 13.0 Å². The van der Waals surface area contributed by atoms with E-state index < -0.39 is 7.57 Å². The molecule has 1 aromatic rings. The molecule has 0 radical (unpaired) electrons. The Morgan fingerprint density at radius 1 is 1.35 bits per heavy atom. The van der Waals surface area contributed by atoms with Gasteiger partial charge in [0.1, 0.15) is 5.75 Å². The normalized spacial score (nSPS) is 24.1. The molecular weight excluding hydrogens is 307 g/mol. The molecule has 1 aliphatic rings. The van der Waals surface area contributed by atoms with E-state index in [2.05, 4.69) is 52.2 Å². The van der Waals surface area contributed by atoms with Crippen molar-refractivity contribution in [1.82, 2.24) is 0 Å². The largest absolute Gasteiger partial charge is 0.432 e. The molecule has 0 bridgehead atoms. The van der Waals surface area contributed by atoms with Gasteiger partial charge in [0.05, 0.1) is 6.61 Å². The van der Waals surface area contributed by atoms with Crippen molar-refractivity contribution in [2.75, 3.05) is 6.61 Å². The van der Waals surface area contributed by atoms with E-state index in [4.69, 9.17) is 9.05 Å². The van der Waals surface area contributed by atoms with Crippen LogP contribution in [0.15, 0.2) is 35.4 Å². The van der Waals surface area contributed by atoms with Crippen LogP contribution in [0.3, 0.4) is 0 Å². The summed E-state index contributed by atoms with van der Waals surface area (Å²) in [5.74, 6) is 1.20. The maximum atomic E-state index is 10.3. The molecule has 1 aromatic carbocycles. The molecule has 4 heteroatoms. The van der Waals surface area contributed by atoms with Gasteiger partial charge in [0.15, 0.2) is 0 Å².